The second kappa shape index (κ2) is 9.34. The fraction of sp³-hybridized carbons (Fsp3) is 0.0833. The van der Waals surface area contributed by atoms with Gasteiger partial charge in [-0.15, -0.1) is 0 Å². The summed E-state index contributed by atoms with van der Waals surface area (Å²) in [6, 6.07) is 13.7. The van der Waals surface area contributed by atoms with Gasteiger partial charge in [0.05, 0.1) is 29.1 Å². The number of nitrogens with zero attached hydrogens (tertiary/aromatic N) is 5. The Morgan fingerprint density at radius 2 is 1.86 bits per heavy atom. The van der Waals surface area contributed by atoms with Crippen LogP contribution in [-0.2, 0) is 6.54 Å². The Bertz CT molecular complexity index is 1530. The molecule has 11 heteroatoms. The second-order valence-corrected chi connectivity index (χ2v) is 8.59. The molecule has 0 aliphatic rings. The quantitative estimate of drug-likeness (QED) is 0.298. The molecule has 176 valence electrons. The highest BCUT2D eigenvalue weighted by Crippen LogP contribution is 2.27. The average Bonchev–Trinajstić information content (AvgIpc) is 3.45. The van der Waals surface area contributed by atoms with Crippen molar-refractivity contribution in [1.29, 1.82) is 0 Å². The summed E-state index contributed by atoms with van der Waals surface area (Å²) < 4.78 is 44.4. The molecule has 0 fully saturated rings. The lowest BCUT2D eigenvalue weighted by Gasteiger charge is -2.09. The van der Waals surface area contributed by atoms with Crippen molar-refractivity contribution in [2.45, 2.75) is 13.0 Å². The lowest BCUT2D eigenvalue weighted by molar-refractivity contribution is 0.102. The summed E-state index contributed by atoms with van der Waals surface area (Å²) in [6.07, 6.45) is 1.84. The molecule has 3 aromatic heterocycles. The first-order valence-electron chi connectivity index (χ1n) is 10.4. The van der Waals surface area contributed by atoms with Crippen molar-refractivity contribution in [2.24, 2.45) is 0 Å². The molecule has 0 bridgehead atoms. The average molecular weight is 541 g/mol. The molecular formula is C24H16BrF3N6O. The Balaban J connectivity index is 1.47. The van der Waals surface area contributed by atoms with Gasteiger partial charge in [0.2, 0.25) is 0 Å². The zero-order chi connectivity index (χ0) is 24.5. The second-order valence-electron chi connectivity index (χ2n) is 7.68. The van der Waals surface area contributed by atoms with Crippen molar-refractivity contribution >= 4 is 33.2 Å². The molecule has 0 unspecified atom stereocenters. The number of halogens is 4. The summed E-state index contributed by atoms with van der Waals surface area (Å²) in [4.78, 5) is 17.5. The number of carbonyl (C=O) groups is 1. The number of rotatable bonds is 6. The van der Waals surface area contributed by atoms with Crippen molar-refractivity contribution in [3.8, 4) is 11.3 Å². The lowest BCUT2D eigenvalue weighted by atomic mass is 10.1. The predicted octanol–water partition coefficient (Wildman–Crippen LogP) is 5.73. The van der Waals surface area contributed by atoms with Crippen molar-refractivity contribution in [1.82, 2.24) is 24.4 Å². The smallest absolute Gasteiger partial charge is 0.280 e. The number of benzene rings is 2. The summed E-state index contributed by atoms with van der Waals surface area (Å²) in [5, 5.41) is 11.0. The molecule has 1 amide bonds. The Labute approximate surface area is 205 Å². The van der Waals surface area contributed by atoms with E-state index in [1.54, 1.807) is 29.1 Å². The van der Waals surface area contributed by atoms with E-state index in [1.807, 2.05) is 12.3 Å². The maximum Gasteiger partial charge on any atom is 0.280 e. The fourth-order valence-electron chi connectivity index (χ4n) is 3.63. The molecular weight excluding hydrogens is 525 g/mol. The van der Waals surface area contributed by atoms with Gasteiger partial charge < -0.3 is 5.32 Å². The maximum absolute atomic E-state index is 13.8. The van der Waals surface area contributed by atoms with Gasteiger partial charge in [0, 0.05) is 17.4 Å². The molecule has 3 heterocycles. The van der Waals surface area contributed by atoms with Crippen LogP contribution in [0, 0.1) is 5.82 Å². The van der Waals surface area contributed by atoms with Crippen LogP contribution in [0.3, 0.4) is 0 Å². The van der Waals surface area contributed by atoms with Crippen molar-refractivity contribution < 1.29 is 18.0 Å². The zero-order valence-corrected chi connectivity index (χ0v) is 19.5. The number of carbonyl (C=O) groups excluding carboxylic acids is 1. The molecule has 0 aliphatic heterocycles. The minimum atomic E-state index is -2.87. The van der Waals surface area contributed by atoms with Gasteiger partial charge in [-0.1, -0.05) is 12.1 Å². The van der Waals surface area contributed by atoms with Crippen LogP contribution in [0.5, 0.6) is 0 Å². The van der Waals surface area contributed by atoms with Crippen molar-refractivity contribution in [3.63, 3.8) is 0 Å². The number of hydrogen-bond acceptors (Lipinski definition) is 4. The van der Waals surface area contributed by atoms with E-state index in [1.165, 1.54) is 36.5 Å². The highest BCUT2D eigenvalue weighted by atomic mass is 79.9. The predicted molar refractivity (Wildman–Crippen MR) is 127 cm³/mol. The van der Waals surface area contributed by atoms with Gasteiger partial charge in [-0.25, -0.2) is 22.7 Å². The Kier molecular flexibility index (Phi) is 6.08. The normalized spacial score (nSPS) is 11.3. The van der Waals surface area contributed by atoms with Gasteiger partial charge in [0.25, 0.3) is 12.3 Å². The minimum Gasteiger partial charge on any atom is -0.322 e. The van der Waals surface area contributed by atoms with Crippen LogP contribution in [-0.4, -0.2) is 30.3 Å². The third-order valence-corrected chi connectivity index (χ3v) is 5.65. The van der Waals surface area contributed by atoms with Gasteiger partial charge in [-0.2, -0.15) is 10.2 Å². The van der Waals surface area contributed by atoms with E-state index >= 15 is 0 Å². The molecule has 7 nitrogen and oxygen atoms in total. The molecule has 35 heavy (non-hydrogen) atoms. The third kappa shape index (κ3) is 4.80. The van der Waals surface area contributed by atoms with Crippen LogP contribution >= 0.6 is 15.9 Å². The Morgan fingerprint density at radius 1 is 1.06 bits per heavy atom. The van der Waals surface area contributed by atoms with E-state index in [9.17, 15) is 18.0 Å². The summed E-state index contributed by atoms with van der Waals surface area (Å²) in [7, 11) is 0. The standard InChI is InChI=1S/C24H16BrF3N6O/c25-16-10-29-33(13-16)12-14-2-1-3-18(8-14)31-24(35)19-11-30-34-21(22(27)28)9-20(32-23(19)34)15-4-6-17(26)7-5-15/h1-11,13,22H,12H2,(H,31,35). The number of nitrogens with one attached hydrogen (secondary N) is 1. The van der Waals surface area contributed by atoms with Crippen LogP contribution in [0.15, 0.2) is 77.7 Å². The van der Waals surface area contributed by atoms with Gasteiger partial charge in [0.15, 0.2) is 5.65 Å². The molecule has 0 aliphatic carbocycles. The monoisotopic (exact) mass is 540 g/mol. The highest BCUT2D eigenvalue weighted by Gasteiger charge is 2.22. The van der Waals surface area contributed by atoms with Crippen molar-refractivity contribution in [2.75, 3.05) is 5.32 Å². The summed E-state index contributed by atoms with van der Waals surface area (Å²) in [5.74, 6) is -1.02. The van der Waals surface area contributed by atoms with E-state index in [0.29, 0.717) is 17.8 Å². The minimum absolute atomic E-state index is 0.0253. The van der Waals surface area contributed by atoms with Gasteiger partial charge >= 0.3 is 0 Å². The van der Waals surface area contributed by atoms with E-state index in [4.69, 9.17) is 0 Å². The summed E-state index contributed by atoms with van der Waals surface area (Å²) >= 11 is 3.35. The number of anilines is 1. The first-order chi connectivity index (χ1) is 16.9. The SMILES string of the molecule is O=C(Nc1cccc(Cn2cc(Br)cn2)c1)c1cnn2c(C(F)F)cc(-c3ccc(F)cc3)nc12. The van der Waals surface area contributed by atoms with Crippen LogP contribution in [0.1, 0.15) is 28.0 Å². The maximum atomic E-state index is 13.8. The lowest BCUT2D eigenvalue weighted by Crippen LogP contribution is -2.13. The fourth-order valence-corrected chi connectivity index (χ4v) is 3.96. The molecule has 5 aromatic rings. The largest absolute Gasteiger partial charge is 0.322 e. The molecule has 1 N–H and O–H groups in total. The zero-order valence-electron chi connectivity index (χ0n) is 17.9. The van der Waals surface area contributed by atoms with Gasteiger partial charge in [-0.05, 0) is 64.0 Å². The summed E-state index contributed by atoms with van der Waals surface area (Å²) in [6.45, 7) is 0.492. The molecule has 5 rings (SSSR count). The van der Waals surface area contributed by atoms with E-state index in [0.717, 1.165) is 14.6 Å². The number of alkyl halides is 2. The summed E-state index contributed by atoms with van der Waals surface area (Å²) in [5.41, 5.74) is 1.59. The molecule has 0 spiro atoms. The Morgan fingerprint density at radius 3 is 2.57 bits per heavy atom. The first kappa shape index (κ1) is 22.8. The Hall–Kier alpha value is -3.99. The molecule has 0 saturated heterocycles. The van der Waals surface area contributed by atoms with Gasteiger partial charge in [0.1, 0.15) is 17.1 Å². The van der Waals surface area contributed by atoms with Crippen molar-refractivity contribution in [3.05, 3.63) is 100 Å². The van der Waals surface area contributed by atoms with E-state index < -0.39 is 23.8 Å². The number of amides is 1. The number of hydrogen-bond donors (Lipinski definition) is 1. The van der Waals surface area contributed by atoms with E-state index in [-0.39, 0.29) is 16.9 Å². The number of aromatic nitrogens is 5. The molecule has 2 aromatic carbocycles. The van der Waals surface area contributed by atoms with Crippen LogP contribution < -0.4 is 5.32 Å². The van der Waals surface area contributed by atoms with Crippen LogP contribution in [0.25, 0.3) is 16.9 Å². The van der Waals surface area contributed by atoms with Crippen LogP contribution in [0.2, 0.25) is 0 Å². The molecule has 0 radical (unpaired) electrons. The van der Waals surface area contributed by atoms with E-state index in [2.05, 4.69) is 36.4 Å². The third-order valence-electron chi connectivity index (χ3n) is 5.24. The first-order valence-corrected chi connectivity index (χ1v) is 11.2. The highest BCUT2D eigenvalue weighted by molar-refractivity contribution is 9.10. The molecule has 0 atom stereocenters. The van der Waals surface area contributed by atoms with Crippen LogP contribution in [0.4, 0.5) is 18.9 Å². The topological polar surface area (TPSA) is 77.1 Å². The number of fused-ring (bicyclic) bond motifs is 1. The molecule has 0 saturated carbocycles. The van der Waals surface area contributed by atoms with Gasteiger partial charge in [-0.3, -0.25) is 9.48 Å².